The van der Waals surface area contributed by atoms with Crippen molar-refractivity contribution in [2.45, 2.75) is 33.2 Å². The van der Waals surface area contributed by atoms with E-state index in [9.17, 15) is 8.78 Å². The number of nitrogens with two attached hydrogens (primary N) is 1. The largest absolute Gasteiger partial charge is 0.383 e. The molecule has 4 nitrogen and oxygen atoms in total. The monoisotopic (exact) mass is 318 g/mol. The molecule has 1 unspecified atom stereocenters. The SMILES string of the molecule is CCC(C)/N=C(/N)c1ccc(Nc2cc(F)ccc2F)nc1C. The van der Waals surface area contributed by atoms with Crippen LogP contribution in [0.3, 0.4) is 0 Å². The predicted molar refractivity (Wildman–Crippen MR) is 89.1 cm³/mol. The molecular weight excluding hydrogens is 298 g/mol. The number of nitrogens with one attached hydrogen (secondary N) is 1. The summed E-state index contributed by atoms with van der Waals surface area (Å²) in [7, 11) is 0. The van der Waals surface area contributed by atoms with Crippen LogP contribution in [0.25, 0.3) is 0 Å². The van der Waals surface area contributed by atoms with Gasteiger partial charge in [0.05, 0.1) is 11.4 Å². The number of halogens is 2. The molecule has 1 aromatic carbocycles. The number of benzene rings is 1. The molecule has 1 atom stereocenters. The van der Waals surface area contributed by atoms with Gasteiger partial charge in [-0.1, -0.05) is 6.92 Å². The predicted octanol–water partition coefficient (Wildman–Crippen LogP) is 3.92. The summed E-state index contributed by atoms with van der Waals surface area (Å²) in [4.78, 5) is 8.72. The molecule has 3 N–H and O–H groups in total. The lowest BCUT2D eigenvalue weighted by molar-refractivity contribution is 0.603. The van der Waals surface area contributed by atoms with Gasteiger partial charge in [-0.3, -0.25) is 4.99 Å². The maximum atomic E-state index is 13.6. The average Bonchev–Trinajstić information content (AvgIpc) is 2.50. The van der Waals surface area contributed by atoms with Crippen LogP contribution in [0.4, 0.5) is 20.3 Å². The Morgan fingerprint density at radius 1 is 1.30 bits per heavy atom. The smallest absolute Gasteiger partial charge is 0.146 e. The third-order valence-electron chi connectivity index (χ3n) is 3.50. The summed E-state index contributed by atoms with van der Waals surface area (Å²) in [5.74, 6) is -0.236. The lowest BCUT2D eigenvalue weighted by Gasteiger charge is -2.11. The van der Waals surface area contributed by atoms with Gasteiger partial charge < -0.3 is 11.1 Å². The molecule has 1 aromatic heterocycles. The molecule has 0 aliphatic heterocycles. The fourth-order valence-corrected chi connectivity index (χ4v) is 2.03. The van der Waals surface area contributed by atoms with E-state index in [2.05, 4.69) is 15.3 Å². The number of amidine groups is 1. The third kappa shape index (κ3) is 4.25. The molecular formula is C17H20F2N4. The molecule has 0 fully saturated rings. The summed E-state index contributed by atoms with van der Waals surface area (Å²) in [6, 6.07) is 6.77. The molecule has 23 heavy (non-hydrogen) atoms. The molecule has 0 amide bonds. The van der Waals surface area contributed by atoms with Gasteiger partial charge in [0.2, 0.25) is 0 Å². The fourth-order valence-electron chi connectivity index (χ4n) is 2.03. The van der Waals surface area contributed by atoms with Crippen LogP contribution >= 0.6 is 0 Å². The number of pyridine rings is 1. The average molecular weight is 318 g/mol. The quantitative estimate of drug-likeness (QED) is 0.649. The Morgan fingerprint density at radius 3 is 2.70 bits per heavy atom. The van der Waals surface area contributed by atoms with Gasteiger partial charge in [0, 0.05) is 17.7 Å². The molecule has 0 aliphatic carbocycles. The molecule has 0 radical (unpaired) electrons. The van der Waals surface area contributed by atoms with Crippen molar-refractivity contribution in [1.29, 1.82) is 0 Å². The first-order valence-corrected chi connectivity index (χ1v) is 7.44. The maximum Gasteiger partial charge on any atom is 0.146 e. The summed E-state index contributed by atoms with van der Waals surface area (Å²) in [6.07, 6.45) is 0.895. The second kappa shape index (κ2) is 7.17. The normalized spacial score (nSPS) is 13.0. The van der Waals surface area contributed by atoms with E-state index in [1.54, 1.807) is 19.1 Å². The topological polar surface area (TPSA) is 63.3 Å². The Bertz CT molecular complexity index is 729. The second-order valence-electron chi connectivity index (χ2n) is 5.35. The molecule has 0 aliphatic rings. The van der Waals surface area contributed by atoms with Crippen molar-refractivity contribution in [1.82, 2.24) is 4.98 Å². The zero-order valence-electron chi connectivity index (χ0n) is 13.4. The number of hydrogen-bond acceptors (Lipinski definition) is 3. The molecule has 122 valence electrons. The van der Waals surface area contributed by atoms with E-state index < -0.39 is 11.6 Å². The molecule has 0 bridgehead atoms. The maximum absolute atomic E-state index is 13.6. The molecule has 2 aromatic rings. The van der Waals surface area contributed by atoms with Gasteiger partial charge in [-0.05, 0) is 44.5 Å². The van der Waals surface area contributed by atoms with Crippen LogP contribution in [0.5, 0.6) is 0 Å². The Morgan fingerprint density at radius 2 is 2.04 bits per heavy atom. The van der Waals surface area contributed by atoms with Crippen LogP contribution in [0.2, 0.25) is 0 Å². The highest BCUT2D eigenvalue weighted by molar-refractivity contribution is 5.98. The Balaban J connectivity index is 2.26. The minimum Gasteiger partial charge on any atom is -0.383 e. The Hall–Kier alpha value is -2.50. The van der Waals surface area contributed by atoms with E-state index in [-0.39, 0.29) is 11.7 Å². The molecule has 1 heterocycles. The number of hydrogen-bond donors (Lipinski definition) is 2. The van der Waals surface area contributed by atoms with Gasteiger partial charge in [-0.2, -0.15) is 0 Å². The zero-order chi connectivity index (χ0) is 17.0. The van der Waals surface area contributed by atoms with Crippen LogP contribution in [-0.4, -0.2) is 16.9 Å². The fraction of sp³-hybridized carbons (Fsp3) is 0.294. The van der Waals surface area contributed by atoms with Crippen molar-refractivity contribution in [2.24, 2.45) is 10.7 Å². The van der Waals surface area contributed by atoms with Gasteiger partial charge in [0.25, 0.3) is 0 Å². The lowest BCUT2D eigenvalue weighted by Crippen LogP contribution is -2.18. The summed E-state index contributed by atoms with van der Waals surface area (Å²) in [5.41, 5.74) is 7.43. The van der Waals surface area contributed by atoms with Crippen molar-refractivity contribution in [3.8, 4) is 0 Å². The van der Waals surface area contributed by atoms with Crippen LogP contribution in [-0.2, 0) is 0 Å². The van der Waals surface area contributed by atoms with E-state index in [4.69, 9.17) is 5.73 Å². The van der Waals surface area contributed by atoms with E-state index in [0.717, 1.165) is 30.2 Å². The van der Waals surface area contributed by atoms with E-state index in [1.165, 1.54) is 0 Å². The van der Waals surface area contributed by atoms with Crippen LogP contribution in [0.15, 0.2) is 35.3 Å². The Kier molecular flexibility index (Phi) is 5.26. The lowest BCUT2D eigenvalue weighted by atomic mass is 10.1. The summed E-state index contributed by atoms with van der Waals surface area (Å²) in [6.45, 7) is 5.81. The van der Waals surface area contributed by atoms with Gasteiger partial charge in [-0.25, -0.2) is 13.8 Å². The second-order valence-corrected chi connectivity index (χ2v) is 5.35. The van der Waals surface area contributed by atoms with Gasteiger partial charge in [-0.15, -0.1) is 0 Å². The number of aliphatic imine (C=N–C) groups is 1. The molecule has 0 saturated heterocycles. The number of anilines is 2. The van der Waals surface area contributed by atoms with Crippen molar-refractivity contribution < 1.29 is 8.78 Å². The number of nitrogens with zero attached hydrogens (tertiary/aromatic N) is 2. The summed E-state index contributed by atoms with van der Waals surface area (Å²) >= 11 is 0. The van der Waals surface area contributed by atoms with E-state index in [1.807, 2.05) is 13.8 Å². The molecule has 6 heteroatoms. The first kappa shape index (κ1) is 16.9. The number of aromatic nitrogens is 1. The molecule has 2 rings (SSSR count). The van der Waals surface area contributed by atoms with E-state index in [0.29, 0.717) is 17.3 Å². The van der Waals surface area contributed by atoms with Crippen molar-refractivity contribution in [3.05, 3.63) is 53.2 Å². The highest BCUT2D eigenvalue weighted by atomic mass is 19.1. The number of aryl methyl sites for hydroxylation is 1. The van der Waals surface area contributed by atoms with Crippen LogP contribution in [0, 0.1) is 18.6 Å². The zero-order valence-corrected chi connectivity index (χ0v) is 13.4. The summed E-state index contributed by atoms with van der Waals surface area (Å²) in [5, 5.41) is 2.77. The van der Waals surface area contributed by atoms with Crippen molar-refractivity contribution in [2.75, 3.05) is 5.32 Å². The third-order valence-corrected chi connectivity index (χ3v) is 3.50. The molecule has 0 spiro atoms. The van der Waals surface area contributed by atoms with Crippen molar-refractivity contribution in [3.63, 3.8) is 0 Å². The highest BCUT2D eigenvalue weighted by Gasteiger charge is 2.09. The first-order chi connectivity index (χ1) is 10.9. The first-order valence-electron chi connectivity index (χ1n) is 7.44. The molecule has 0 saturated carbocycles. The van der Waals surface area contributed by atoms with Gasteiger partial charge in [0.15, 0.2) is 0 Å². The van der Waals surface area contributed by atoms with Crippen LogP contribution < -0.4 is 11.1 Å². The summed E-state index contributed by atoms with van der Waals surface area (Å²) < 4.78 is 26.8. The van der Waals surface area contributed by atoms with Gasteiger partial charge >= 0.3 is 0 Å². The van der Waals surface area contributed by atoms with Crippen LogP contribution in [0.1, 0.15) is 31.5 Å². The Labute approximate surface area is 134 Å². The van der Waals surface area contributed by atoms with Gasteiger partial charge in [0.1, 0.15) is 23.3 Å². The highest BCUT2D eigenvalue weighted by Crippen LogP contribution is 2.21. The van der Waals surface area contributed by atoms with Crippen molar-refractivity contribution >= 4 is 17.3 Å². The number of rotatable bonds is 5. The minimum absolute atomic E-state index is 0.0332. The van der Waals surface area contributed by atoms with E-state index >= 15 is 0 Å². The standard InChI is InChI=1S/C17H20F2N4/c1-4-10(2)21-17(20)13-6-8-16(22-11(13)3)23-15-9-12(18)5-7-14(15)19/h5-10H,4H2,1-3H3,(H2,20,21)(H,22,23). The minimum atomic E-state index is -0.548.